The summed E-state index contributed by atoms with van der Waals surface area (Å²) in [5.41, 5.74) is 3.96. The molecule has 0 saturated carbocycles. The summed E-state index contributed by atoms with van der Waals surface area (Å²) in [5.74, 6) is 0.335. The zero-order chi connectivity index (χ0) is 18.2. The van der Waals surface area contributed by atoms with Crippen molar-refractivity contribution in [2.75, 3.05) is 12.4 Å². The molecular formula is C20H21N3O2. The first kappa shape index (κ1) is 18.1. The second kappa shape index (κ2) is 8.55. The van der Waals surface area contributed by atoms with E-state index in [1.807, 2.05) is 62.4 Å². The summed E-state index contributed by atoms with van der Waals surface area (Å²) in [4.78, 5) is 12.2. The van der Waals surface area contributed by atoms with Gasteiger partial charge < -0.3 is 15.4 Å². The number of nitrogens with one attached hydrogen (secondary N) is 2. The summed E-state index contributed by atoms with van der Waals surface area (Å²) in [5, 5.41) is 15.0. The molecule has 0 bridgehead atoms. The summed E-state index contributed by atoms with van der Waals surface area (Å²) in [7, 11) is 1.60. The van der Waals surface area contributed by atoms with E-state index in [-0.39, 0.29) is 5.57 Å². The van der Waals surface area contributed by atoms with E-state index >= 15 is 0 Å². The van der Waals surface area contributed by atoms with Gasteiger partial charge in [0.15, 0.2) is 0 Å². The molecule has 0 fully saturated rings. The highest BCUT2D eigenvalue weighted by Gasteiger charge is 2.09. The summed E-state index contributed by atoms with van der Waals surface area (Å²) in [6, 6.07) is 15.3. The molecule has 2 N–H and O–H groups in total. The maximum absolute atomic E-state index is 12.2. The third-order valence-corrected chi connectivity index (χ3v) is 3.74. The molecule has 2 aromatic carbocycles. The molecule has 0 unspecified atom stereocenters. The van der Waals surface area contributed by atoms with Crippen LogP contribution < -0.4 is 15.4 Å². The van der Waals surface area contributed by atoms with Crippen molar-refractivity contribution in [3.05, 3.63) is 70.9 Å². The lowest BCUT2D eigenvalue weighted by molar-refractivity contribution is -0.117. The quantitative estimate of drug-likeness (QED) is 0.626. The Bertz CT molecular complexity index is 818. The van der Waals surface area contributed by atoms with Gasteiger partial charge in [-0.2, -0.15) is 5.26 Å². The topological polar surface area (TPSA) is 74.1 Å². The highest BCUT2D eigenvalue weighted by molar-refractivity contribution is 5.97. The van der Waals surface area contributed by atoms with E-state index in [0.29, 0.717) is 6.54 Å². The van der Waals surface area contributed by atoms with E-state index in [2.05, 4.69) is 10.6 Å². The van der Waals surface area contributed by atoms with E-state index in [1.165, 1.54) is 6.20 Å². The number of nitriles is 1. The monoisotopic (exact) mass is 335 g/mol. The molecule has 2 rings (SSSR count). The van der Waals surface area contributed by atoms with Gasteiger partial charge in [0.25, 0.3) is 5.91 Å². The number of ether oxygens (including phenoxy) is 1. The number of hydrogen-bond donors (Lipinski definition) is 2. The first-order valence-electron chi connectivity index (χ1n) is 7.88. The number of carbonyl (C=O) groups is 1. The van der Waals surface area contributed by atoms with E-state index in [0.717, 1.165) is 28.1 Å². The van der Waals surface area contributed by atoms with Gasteiger partial charge >= 0.3 is 0 Å². The summed E-state index contributed by atoms with van der Waals surface area (Å²) < 4.78 is 5.09. The molecule has 25 heavy (non-hydrogen) atoms. The van der Waals surface area contributed by atoms with E-state index in [1.54, 1.807) is 7.11 Å². The van der Waals surface area contributed by atoms with Crippen LogP contribution in [0.5, 0.6) is 5.75 Å². The molecule has 0 saturated heterocycles. The molecule has 0 atom stereocenters. The van der Waals surface area contributed by atoms with Gasteiger partial charge in [0.05, 0.1) is 7.11 Å². The van der Waals surface area contributed by atoms with Crippen molar-refractivity contribution < 1.29 is 9.53 Å². The van der Waals surface area contributed by atoms with Crippen molar-refractivity contribution in [1.82, 2.24) is 5.32 Å². The van der Waals surface area contributed by atoms with E-state index in [9.17, 15) is 10.1 Å². The molecule has 0 spiro atoms. The molecule has 0 aliphatic carbocycles. The molecule has 0 heterocycles. The van der Waals surface area contributed by atoms with Crippen LogP contribution in [0, 0.1) is 25.2 Å². The van der Waals surface area contributed by atoms with Gasteiger partial charge in [-0.15, -0.1) is 0 Å². The highest BCUT2D eigenvalue weighted by Crippen LogP contribution is 2.16. The maximum Gasteiger partial charge on any atom is 0.263 e. The van der Waals surface area contributed by atoms with E-state index < -0.39 is 5.91 Å². The average Bonchev–Trinajstić information content (AvgIpc) is 2.63. The molecule has 5 heteroatoms. The molecule has 0 aliphatic heterocycles. The van der Waals surface area contributed by atoms with Crippen LogP contribution in [-0.2, 0) is 11.3 Å². The lowest BCUT2D eigenvalue weighted by atomic mass is 10.1. The Morgan fingerprint density at radius 2 is 1.92 bits per heavy atom. The molecule has 5 nitrogen and oxygen atoms in total. The van der Waals surface area contributed by atoms with Gasteiger partial charge in [-0.3, -0.25) is 4.79 Å². The number of benzene rings is 2. The van der Waals surface area contributed by atoms with Crippen LogP contribution in [0.4, 0.5) is 5.69 Å². The van der Waals surface area contributed by atoms with Crippen LogP contribution >= 0.6 is 0 Å². The molecule has 0 radical (unpaired) electrons. The fourth-order valence-corrected chi connectivity index (χ4v) is 2.21. The maximum atomic E-state index is 12.2. The SMILES string of the molecule is COc1ccc(CNC(=O)/C(C#N)=C\Nc2cc(C)ccc2C)cc1. The molecular weight excluding hydrogens is 314 g/mol. The number of anilines is 1. The van der Waals surface area contributed by atoms with Crippen LogP contribution in [0.3, 0.4) is 0 Å². The van der Waals surface area contributed by atoms with Gasteiger partial charge in [-0.25, -0.2) is 0 Å². The van der Waals surface area contributed by atoms with Gasteiger partial charge in [0.1, 0.15) is 17.4 Å². The molecule has 2 aromatic rings. The standard InChI is InChI=1S/C20H21N3O2/c1-14-4-5-15(2)19(10-14)22-13-17(11-21)20(24)23-12-16-6-8-18(25-3)9-7-16/h4-10,13,22H,12H2,1-3H3,(H,23,24)/b17-13-. The molecule has 1 amide bonds. The van der Waals surface area contributed by atoms with Gasteiger partial charge in [0.2, 0.25) is 0 Å². The average molecular weight is 335 g/mol. The van der Waals surface area contributed by atoms with Crippen molar-refractivity contribution in [3.63, 3.8) is 0 Å². The van der Waals surface area contributed by atoms with Crippen LogP contribution in [-0.4, -0.2) is 13.0 Å². The number of rotatable bonds is 6. The summed E-state index contributed by atoms with van der Waals surface area (Å²) in [6.45, 7) is 4.29. The Morgan fingerprint density at radius 3 is 2.56 bits per heavy atom. The fourth-order valence-electron chi connectivity index (χ4n) is 2.21. The normalized spacial score (nSPS) is 10.7. The molecule has 128 valence electrons. The fraction of sp³-hybridized carbons (Fsp3) is 0.200. The molecule has 0 aromatic heterocycles. The molecule has 0 aliphatic rings. The number of methoxy groups -OCH3 is 1. The van der Waals surface area contributed by atoms with Gasteiger partial charge in [-0.1, -0.05) is 24.3 Å². The van der Waals surface area contributed by atoms with Gasteiger partial charge in [0, 0.05) is 18.4 Å². The Kier molecular flexibility index (Phi) is 6.19. The van der Waals surface area contributed by atoms with Gasteiger partial charge in [-0.05, 0) is 48.7 Å². The number of aryl methyl sites for hydroxylation is 2. The minimum Gasteiger partial charge on any atom is -0.497 e. The third-order valence-electron chi connectivity index (χ3n) is 3.74. The summed E-state index contributed by atoms with van der Waals surface area (Å²) in [6.07, 6.45) is 1.44. The zero-order valence-electron chi connectivity index (χ0n) is 14.6. The minimum absolute atomic E-state index is 0.0226. The van der Waals surface area contributed by atoms with Crippen LogP contribution in [0.15, 0.2) is 54.2 Å². The number of amides is 1. The van der Waals surface area contributed by atoms with Crippen molar-refractivity contribution in [2.24, 2.45) is 0 Å². The minimum atomic E-state index is -0.420. The second-order valence-electron chi connectivity index (χ2n) is 5.66. The number of nitrogens with zero attached hydrogens (tertiary/aromatic N) is 1. The Labute approximate surface area is 147 Å². The number of hydrogen-bond acceptors (Lipinski definition) is 4. The Hall–Kier alpha value is -3.26. The smallest absolute Gasteiger partial charge is 0.263 e. The lowest BCUT2D eigenvalue weighted by Crippen LogP contribution is -2.24. The van der Waals surface area contributed by atoms with Crippen LogP contribution in [0.2, 0.25) is 0 Å². The van der Waals surface area contributed by atoms with Crippen molar-refractivity contribution in [2.45, 2.75) is 20.4 Å². The predicted molar refractivity (Wildman–Crippen MR) is 98.1 cm³/mol. The number of carbonyl (C=O) groups excluding carboxylic acids is 1. The highest BCUT2D eigenvalue weighted by atomic mass is 16.5. The van der Waals surface area contributed by atoms with Crippen molar-refractivity contribution >= 4 is 11.6 Å². The predicted octanol–water partition coefficient (Wildman–Crippen LogP) is 3.45. The zero-order valence-corrected chi connectivity index (χ0v) is 14.6. The lowest BCUT2D eigenvalue weighted by Gasteiger charge is -2.08. The Morgan fingerprint density at radius 1 is 1.20 bits per heavy atom. The Balaban J connectivity index is 2.00. The summed E-state index contributed by atoms with van der Waals surface area (Å²) >= 11 is 0. The van der Waals surface area contributed by atoms with Crippen molar-refractivity contribution in [3.8, 4) is 11.8 Å². The van der Waals surface area contributed by atoms with Crippen molar-refractivity contribution in [1.29, 1.82) is 5.26 Å². The van der Waals surface area contributed by atoms with Crippen LogP contribution in [0.25, 0.3) is 0 Å². The van der Waals surface area contributed by atoms with E-state index in [4.69, 9.17) is 4.74 Å². The first-order valence-corrected chi connectivity index (χ1v) is 7.88. The largest absolute Gasteiger partial charge is 0.497 e. The van der Waals surface area contributed by atoms with Crippen LogP contribution in [0.1, 0.15) is 16.7 Å². The first-order chi connectivity index (χ1) is 12.0. The second-order valence-corrected chi connectivity index (χ2v) is 5.66. The third kappa shape index (κ3) is 5.11.